The summed E-state index contributed by atoms with van der Waals surface area (Å²) in [6.07, 6.45) is -1.20. The zero-order valence-corrected chi connectivity index (χ0v) is 9.16. The van der Waals surface area contributed by atoms with Crippen molar-refractivity contribution >= 4 is 27.5 Å². The molecule has 0 spiro atoms. The maximum atomic E-state index is 12.3. The molecule has 0 saturated heterocycles. The van der Waals surface area contributed by atoms with Gasteiger partial charge in [0.05, 0.1) is 5.02 Å². The molecule has 0 atom stereocenters. The zero-order valence-electron chi connectivity index (χ0n) is 6.82. The molecule has 0 aliphatic heterocycles. The Kier molecular flexibility index (Phi) is 3.62. The topological polar surface area (TPSA) is 12.9 Å². The Balaban J connectivity index is 3.23. The first-order chi connectivity index (χ1) is 6.07. The molecule has 5 heteroatoms. The molecule has 0 unspecified atom stereocenters. The second-order valence-electron chi connectivity index (χ2n) is 2.54. The highest BCUT2D eigenvalue weighted by Gasteiger charge is 2.16. The summed E-state index contributed by atoms with van der Waals surface area (Å²) in [4.78, 5) is 3.60. The van der Waals surface area contributed by atoms with Gasteiger partial charge in [0.1, 0.15) is 5.69 Å². The van der Waals surface area contributed by atoms with Crippen LogP contribution in [0.4, 0.5) is 8.78 Å². The van der Waals surface area contributed by atoms with Crippen LogP contribution in [0.3, 0.4) is 0 Å². The van der Waals surface area contributed by atoms with E-state index in [0.717, 1.165) is 5.56 Å². The van der Waals surface area contributed by atoms with Crippen LogP contribution in [-0.2, 0) is 5.33 Å². The number of aromatic nitrogens is 1. The first kappa shape index (κ1) is 10.9. The summed E-state index contributed by atoms with van der Waals surface area (Å²) in [6.45, 7) is 1.70. The van der Waals surface area contributed by atoms with Gasteiger partial charge >= 0.3 is 0 Å². The SMILES string of the molecule is Cc1c(CBr)cnc(C(F)F)c1Cl. The number of rotatable bonds is 2. The molecular formula is C8H7BrClF2N. The van der Waals surface area contributed by atoms with E-state index in [0.29, 0.717) is 10.9 Å². The summed E-state index contributed by atoms with van der Waals surface area (Å²) in [5, 5.41) is 0.627. The standard InChI is InChI=1S/C8H7BrClF2N/c1-4-5(2-9)3-13-7(6(4)10)8(11)12/h3,8H,2H2,1H3. The smallest absolute Gasteiger partial charge is 0.253 e. The molecule has 1 heterocycles. The molecular weight excluding hydrogens is 263 g/mol. The first-order valence-corrected chi connectivity index (χ1v) is 5.05. The Labute approximate surface area is 88.2 Å². The van der Waals surface area contributed by atoms with Gasteiger partial charge in [-0.25, -0.2) is 8.78 Å². The van der Waals surface area contributed by atoms with E-state index in [1.165, 1.54) is 6.20 Å². The maximum absolute atomic E-state index is 12.3. The summed E-state index contributed by atoms with van der Waals surface area (Å²) in [5.74, 6) is 0. The highest BCUT2D eigenvalue weighted by atomic mass is 79.9. The Morgan fingerprint density at radius 2 is 2.23 bits per heavy atom. The lowest BCUT2D eigenvalue weighted by Crippen LogP contribution is -1.97. The second-order valence-corrected chi connectivity index (χ2v) is 3.48. The van der Waals surface area contributed by atoms with Gasteiger partial charge in [-0.15, -0.1) is 0 Å². The van der Waals surface area contributed by atoms with Crippen LogP contribution in [0.2, 0.25) is 5.02 Å². The Morgan fingerprint density at radius 3 is 2.69 bits per heavy atom. The number of hydrogen-bond acceptors (Lipinski definition) is 1. The molecule has 0 bridgehead atoms. The highest BCUT2D eigenvalue weighted by molar-refractivity contribution is 9.08. The molecule has 0 N–H and O–H groups in total. The van der Waals surface area contributed by atoms with Crippen molar-refractivity contribution in [2.45, 2.75) is 18.7 Å². The quantitative estimate of drug-likeness (QED) is 0.743. The van der Waals surface area contributed by atoms with Crippen molar-refractivity contribution in [1.29, 1.82) is 0 Å². The largest absolute Gasteiger partial charge is 0.281 e. The van der Waals surface area contributed by atoms with E-state index in [4.69, 9.17) is 11.6 Å². The third kappa shape index (κ3) is 2.17. The summed E-state index contributed by atoms with van der Waals surface area (Å²) >= 11 is 8.93. The van der Waals surface area contributed by atoms with E-state index in [-0.39, 0.29) is 10.7 Å². The minimum absolute atomic E-state index is 0.0620. The van der Waals surface area contributed by atoms with Crippen molar-refractivity contribution < 1.29 is 8.78 Å². The van der Waals surface area contributed by atoms with Crippen molar-refractivity contribution in [3.8, 4) is 0 Å². The Morgan fingerprint density at radius 1 is 1.62 bits per heavy atom. The number of halogens is 4. The number of hydrogen-bond donors (Lipinski definition) is 0. The van der Waals surface area contributed by atoms with Crippen molar-refractivity contribution in [2.75, 3.05) is 0 Å². The van der Waals surface area contributed by atoms with Crippen LogP contribution in [0.15, 0.2) is 6.20 Å². The molecule has 13 heavy (non-hydrogen) atoms. The molecule has 0 radical (unpaired) electrons. The average molecular weight is 271 g/mol. The fraction of sp³-hybridized carbons (Fsp3) is 0.375. The lowest BCUT2D eigenvalue weighted by atomic mass is 10.1. The van der Waals surface area contributed by atoms with E-state index >= 15 is 0 Å². The van der Waals surface area contributed by atoms with Crippen molar-refractivity contribution in [3.05, 3.63) is 28.0 Å². The molecule has 0 aromatic carbocycles. The van der Waals surface area contributed by atoms with Gasteiger partial charge in [0.15, 0.2) is 0 Å². The number of nitrogens with zero attached hydrogens (tertiary/aromatic N) is 1. The van der Waals surface area contributed by atoms with Crippen LogP contribution in [0.1, 0.15) is 23.2 Å². The third-order valence-electron chi connectivity index (χ3n) is 1.75. The van der Waals surface area contributed by atoms with E-state index in [9.17, 15) is 8.78 Å². The summed E-state index contributed by atoms with van der Waals surface area (Å²) < 4.78 is 24.6. The summed E-state index contributed by atoms with van der Waals surface area (Å²) in [6, 6.07) is 0. The molecule has 1 aromatic rings. The second kappa shape index (κ2) is 4.33. The average Bonchev–Trinajstić information content (AvgIpc) is 2.09. The van der Waals surface area contributed by atoms with E-state index < -0.39 is 6.43 Å². The van der Waals surface area contributed by atoms with Crippen LogP contribution < -0.4 is 0 Å². The predicted molar refractivity (Wildman–Crippen MR) is 51.6 cm³/mol. The van der Waals surface area contributed by atoms with Crippen LogP contribution in [0, 0.1) is 6.92 Å². The van der Waals surface area contributed by atoms with Crippen molar-refractivity contribution in [3.63, 3.8) is 0 Å². The molecule has 0 amide bonds. The van der Waals surface area contributed by atoms with Gasteiger partial charge in [0, 0.05) is 11.5 Å². The molecule has 72 valence electrons. The summed E-state index contributed by atoms with van der Waals surface area (Å²) in [7, 11) is 0. The molecule has 1 aromatic heterocycles. The number of alkyl halides is 3. The third-order valence-corrected chi connectivity index (χ3v) is 2.83. The minimum Gasteiger partial charge on any atom is -0.253 e. The molecule has 1 nitrogen and oxygen atoms in total. The van der Waals surface area contributed by atoms with E-state index in [1.807, 2.05) is 0 Å². The fourth-order valence-corrected chi connectivity index (χ4v) is 1.74. The van der Waals surface area contributed by atoms with Gasteiger partial charge in [-0.3, -0.25) is 4.98 Å². The summed E-state index contributed by atoms with van der Waals surface area (Å²) in [5.41, 5.74) is 1.14. The lowest BCUT2D eigenvalue weighted by Gasteiger charge is -2.07. The molecule has 0 aliphatic rings. The van der Waals surface area contributed by atoms with Crippen LogP contribution in [0.25, 0.3) is 0 Å². The van der Waals surface area contributed by atoms with Gasteiger partial charge in [-0.2, -0.15) is 0 Å². The van der Waals surface area contributed by atoms with Crippen molar-refractivity contribution in [2.24, 2.45) is 0 Å². The molecule has 0 aliphatic carbocycles. The lowest BCUT2D eigenvalue weighted by molar-refractivity contribution is 0.146. The fourth-order valence-electron chi connectivity index (χ4n) is 0.921. The first-order valence-electron chi connectivity index (χ1n) is 3.56. The highest BCUT2D eigenvalue weighted by Crippen LogP contribution is 2.29. The molecule has 0 saturated carbocycles. The van der Waals surface area contributed by atoms with Gasteiger partial charge in [-0.1, -0.05) is 27.5 Å². The minimum atomic E-state index is -2.62. The monoisotopic (exact) mass is 269 g/mol. The van der Waals surface area contributed by atoms with E-state index in [1.54, 1.807) is 6.92 Å². The Hall–Kier alpha value is -0.220. The van der Waals surface area contributed by atoms with Gasteiger partial charge in [0.25, 0.3) is 6.43 Å². The van der Waals surface area contributed by atoms with Gasteiger partial charge < -0.3 is 0 Å². The van der Waals surface area contributed by atoms with Gasteiger partial charge in [0.2, 0.25) is 0 Å². The predicted octanol–water partition coefficient (Wildman–Crippen LogP) is 3.88. The Bertz CT molecular complexity index is 317. The van der Waals surface area contributed by atoms with Gasteiger partial charge in [-0.05, 0) is 18.1 Å². The van der Waals surface area contributed by atoms with E-state index in [2.05, 4.69) is 20.9 Å². The zero-order chi connectivity index (χ0) is 10.0. The molecule has 0 fully saturated rings. The van der Waals surface area contributed by atoms with Crippen LogP contribution in [0.5, 0.6) is 0 Å². The van der Waals surface area contributed by atoms with Crippen LogP contribution in [-0.4, -0.2) is 4.98 Å². The number of pyridine rings is 1. The molecule has 1 rings (SSSR count). The van der Waals surface area contributed by atoms with Crippen LogP contribution >= 0.6 is 27.5 Å². The normalized spacial score (nSPS) is 10.9. The maximum Gasteiger partial charge on any atom is 0.281 e. The van der Waals surface area contributed by atoms with Crippen molar-refractivity contribution in [1.82, 2.24) is 4.98 Å².